The average Bonchev–Trinajstić information content (AvgIpc) is 3.44. The molecule has 178 valence electrons. The fourth-order valence-electron chi connectivity index (χ4n) is 3.60. The van der Waals surface area contributed by atoms with E-state index in [2.05, 4.69) is 36.6 Å². The molecule has 0 bridgehead atoms. The predicted octanol–water partition coefficient (Wildman–Crippen LogP) is 1.87. The minimum Gasteiger partial charge on any atom is -0.444 e. The van der Waals surface area contributed by atoms with Crippen molar-refractivity contribution in [1.29, 1.82) is 0 Å². The van der Waals surface area contributed by atoms with Crippen molar-refractivity contribution in [2.75, 3.05) is 31.5 Å². The highest BCUT2D eigenvalue weighted by molar-refractivity contribution is 9.10. The lowest BCUT2D eigenvalue weighted by Crippen LogP contribution is -2.41. The Hall–Kier alpha value is -3.09. The standard InChI is InChI=1S/C20H27BrN8O4/c1-20(2,3)33-19(32)27-9-11-29-14(12-27)24-15(16(29)21)17(30)23-13-4-6-28(25-13)10-8-26-7-5-22-18(26)31/h4,6H,5,7-12H2,1-3H3,(H,22,31)(H,23,25,30). The van der Waals surface area contributed by atoms with Crippen molar-refractivity contribution in [3.05, 3.63) is 28.4 Å². The third-order valence-electron chi connectivity index (χ3n) is 5.20. The lowest BCUT2D eigenvalue weighted by Gasteiger charge is -2.30. The van der Waals surface area contributed by atoms with E-state index in [1.807, 2.05) is 25.3 Å². The van der Waals surface area contributed by atoms with Gasteiger partial charge < -0.3 is 24.8 Å². The third kappa shape index (κ3) is 5.29. The smallest absolute Gasteiger partial charge is 0.410 e. The molecule has 12 nitrogen and oxygen atoms in total. The first-order chi connectivity index (χ1) is 15.6. The van der Waals surface area contributed by atoms with Gasteiger partial charge in [0.05, 0.1) is 13.1 Å². The highest BCUT2D eigenvalue weighted by atomic mass is 79.9. The summed E-state index contributed by atoms with van der Waals surface area (Å²) in [7, 11) is 0. The molecule has 33 heavy (non-hydrogen) atoms. The Morgan fingerprint density at radius 2 is 2.03 bits per heavy atom. The molecule has 2 aromatic rings. The minimum absolute atomic E-state index is 0.0745. The molecule has 0 atom stereocenters. The molecule has 4 heterocycles. The molecule has 2 aromatic heterocycles. The minimum atomic E-state index is -0.583. The van der Waals surface area contributed by atoms with Gasteiger partial charge in [0.1, 0.15) is 16.0 Å². The maximum Gasteiger partial charge on any atom is 0.410 e. The number of nitrogens with zero attached hydrogens (tertiary/aromatic N) is 6. The van der Waals surface area contributed by atoms with Crippen LogP contribution in [-0.4, -0.2) is 78.9 Å². The number of halogens is 1. The van der Waals surface area contributed by atoms with Gasteiger partial charge in [-0.1, -0.05) is 0 Å². The molecule has 2 aliphatic rings. The van der Waals surface area contributed by atoms with E-state index in [1.165, 1.54) is 0 Å². The Morgan fingerprint density at radius 3 is 2.73 bits per heavy atom. The van der Waals surface area contributed by atoms with E-state index in [4.69, 9.17) is 4.74 Å². The Balaban J connectivity index is 1.37. The summed E-state index contributed by atoms with van der Waals surface area (Å²) < 4.78 is 9.54. The Labute approximate surface area is 199 Å². The second kappa shape index (κ2) is 9.04. The van der Waals surface area contributed by atoms with Crippen molar-refractivity contribution in [3.63, 3.8) is 0 Å². The summed E-state index contributed by atoms with van der Waals surface area (Å²) in [6.45, 7) is 9.04. The Kier molecular flexibility index (Phi) is 6.32. The van der Waals surface area contributed by atoms with E-state index >= 15 is 0 Å². The van der Waals surface area contributed by atoms with E-state index in [9.17, 15) is 14.4 Å². The fourth-order valence-corrected chi connectivity index (χ4v) is 4.25. The number of hydrogen-bond acceptors (Lipinski definition) is 6. The molecular formula is C20H27BrN8O4. The third-order valence-corrected chi connectivity index (χ3v) is 6.01. The van der Waals surface area contributed by atoms with Gasteiger partial charge in [-0.3, -0.25) is 14.4 Å². The summed E-state index contributed by atoms with van der Waals surface area (Å²) in [6, 6.07) is 1.62. The SMILES string of the molecule is CC(C)(C)OC(=O)N1CCn2c(nc(C(=O)Nc3ccn(CCN4CCNC4=O)n3)c2Br)C1. The van der Waals surface area contributed by atoms with Crippen LogP contribution in [0.25, 0.3) is 0 Å². The summed E-state index contributed by atoms with van der Waals surface area (Å²) in [4.78, 5) is 44.6. The van der Waals surface area contributed by atoms with E-state index in [0.717, 1.165) is 0 Å². The lowest BCUT2D eigenvalue weighted by molar-refractivity contribution is 0.0194. The molecule has 4 amide bonds. The average molecular weight is 523 g/mol. The Morgan fingerprint density at radius 1 is 1.24 bits per heavy atom. The van der Waals surface area contributed by atoms with Crippen LogP contribution in [-0.2, 0) is 24.4 Å². The van der Waals surface area contributed by atoms with Crippen LogP contribution < -0.4 is 10.6 Å². The van der Waals surface area contributed by atoms with Crippen LogP contribution in [0.15, 0.2) is 16.9 Å². The van der Waals surface area contributed by atoms with Crippen LogP contribution in [0.2, 0.25) is 0 Å². The maximum absolute atomic E-state index is 12.8. The number of aromatic nitrogens is 4. The molecule has 0 aliphatic carbocycles. The molecule has 2 aliphatic heterocycles. The van der Waals surface area contributed by atoms with E-state index < -0.39 is 17.6 Å². The summed E-state index contributed by atoms with van der Waals surface area (Å²) in [5.74, 6) is 0.578. The number of amides is 4. The van der Waals surface area contributed by atoms with Gasteiger partial charge >= 0.3 is 12.1 Å². The number of anilines is 1. The monoisotopic (exact) mass is 522 g/mol. The molecule has 0 spiro atoms. The van der Waals surface area contributed by atoms with Gasteiger partial charge in [-0.2, -0.15) is 5.10 Å². The van der Waals surface area contributed by atoms with Crippen molar-refractivity contribution < 1.29 is 19.1 Å². The maximum atomic E-state index is 12.8. The van der Waals surface area contributed by atoms with Gasteiger partial charge in [0.25, 0.3) is 5.91 Å². The first kappa shape index (κ1) is 23.1. The van der Waals surface area contributed by atoms with Crippen LogP contribution >= 0.6 is 15.9 Å². The molecule has 1 fully saturated rings. The summed E-state index contributed by atoms with van der Waals surface area (Å²) in [5.41, 5.74) is -0.362. The molecule has 1 saturated heterocycles. The topological polar surface area (TPSA) is 127 Å². The first-order valence-electron chi connectivity index (χ1n) is 10.7. The van der Waals surface area contributed by atoms with E-state index in [1.54, 1.807) is 26.7 Å². The molecule has 0 saturated carbocycles. The molecule has 0 unspecified atom stereocenters. The zero-order valence-electron chi connectivity index (χ0n) is 18.8. The molecular weight excluding hydrogens is 496 g/mol. The lowest BCUT2D eigenvalue weighted by atomic mass is 10.2. The van der Waals surface area contributed by atoms with Gasteiger partial charge in [0, 0.05) is 45.0 Å². The zero-order chi connectivity index (χ0) is 23.8. The highest BCUT2D eigenvalue weighted by Crippen LogP contribution is 2.25. The highest BCUT2D eigenvalue weighted by Gasteiger charge is 2.30. The number of ether oxygens (including phenoxy) is 1. The van der Waals surface area contributed by atoms with E-state index in [-0.39, 0.29) is 18.3 Å². The molecule has 4 rings (SSSR count). The van der Waals surface area contributed by atoms with Gasteiger partial charge in [0.15, 0.2) is 11.5 Å². The van der Waals surface area contributed by atoms with Crippen molar-refractivity contribution in [1.82, 2.24) is 34.4 Å². The number of rotatable bonds is 5. The van der Waals surface area contributed by atoms with Crippen LogP contribution in [0.5, 0.6) is 0 Å². The van der Waals surface area contributed by atoms with Crippen molar-refractivity contribution in [3.8, 4) is 0 Å². The second-order valence-corrected chi connectivity index (χ2v) is 9.61. The largest absolute Gasteiger partial charge is 0.444 e. The zero-order valence-corrected chi connectivity index (χ0v) is 20.4. The number of carbonyl (C=O) groups excluding carboxylic acids is 3. The van der Waals surface area contributed by atoms with Crippen molar-refractivity contribution in [2.45, 2.75) is 46.0 Å². The van der Waals surface area contributed by atoms with Gasteiger partial charge in [0.2, 0.25) is 0 Å². The summed E-state index contributed by atoms with van der Waals surface area (Å²) in [5, 5.41) is 9.86. The number of hydrogen-bond donors (Lipinski definition) is 2. The van der Waals surface area contributed by atoms with Crippen molar-refractivity contribution >= 4 is 39.8 Å². The van der Waals surface area contributed by atoms with Gasteiger partial charge in [-0.15, -0.1) is 0 Å². The normalized spacial score (nSPS) is 15.9. The molecule has 13 heteroatoms. The predicted molar refractivity (Wildman–Crippen MR) is 122 cm³/mol. The fraction of sp³-hybridized carbons (Fsp3) is 0.550. The van der Waals surface area contributed by atoms with Crippen LogP contribution in [0.3, 0.4) is 0 Å². The molecule has 0 aromatic carbocycles. The molecule has 2 N–H and O–H groups in total. The van der Waals surface area contributed by atoms with Crippen LogP contribution in [0.1, 0.15) is 37.1 Å². The van der Waals surface area contributed by atoms with Crippen LogP contribution in [0.4, 0.5) is 15.4 Å². The number of urea groups is 1. The van der Waals surface area contributed by atoms with Crippen molar-refractivity contribution in [2.24, 2.45) is 0 Å². The second-order valence-electron chi connectivity index (χ2n) is 8.86. The van der Waals surface area contributed by atoms with E-state index in [0.29, 0.717) is 55.5 Å². The number of fused-ring (bicyclic) bond motifs is 1. The van der Waals surface area contributed by atoms with Gasteiger partial charge in [-0.25, -0.2) is 14.6 Å². The molecule has 0 radical (unpaired) electrons. The van der Waals surface area contributed by atoms with Crippen LogP contribution in [0, 0.1) is 0 Å². The summed E-state index contributed by atoms with van der Waals surface area (Å²) >= 11 is 3.47. The number of nitrogens with one attached hydrogen (secondary N) is 2. The Bertz CT molecular complexity index is 1070. The number of imidazole rings is 1. The first-order valence-corrected chi connectivity index (χ1v) is 11.5. The summed E-state index contributed by atoms with van der Waals surface area (Å²) in [6.07, 6.45) is 1.34. The quantitative estimate of drug-likeness (QED) is 0.617. The number of carbonyl (C=O) groups is 3. The van der Waals surface area contributed by atoms with Gasteiger partial charge in [-0.05, 0) is 36.7 Å².